The fourth-order valence-electron chi connectivity index (χ4n) is 8.47. The van der Waals surface area contributed by atoms with E-state index in [0.717, 1.165) is 61.9 Å². The minimum atomic E-state index is -0.674. The number of likely N-dealkylation sites (tertiary alicyclic amines) is 1. The minimum absolute atomic E-state index is 0.0108. The van der Waals surface area contributed by atoms with E-state index in [2.05, 4.69) is 47.4 Å². The number of carbonyl (C=O) groups is 3. The summed E-state index contributed by atoms with van der Waals surface area (Å²) in [6, 6.07) is 14.8. The highest BCUT2D eigenvalue weighted by Crippen LogP contribution is 2.49. The van der Waals surface area contributed by atoms with Gasteiger partial charge in [0.1, 0.15) is 6.54 Å². The zero-order chi connectivity index (χ0) is 28.1. The SMILES string of the molecule is Cc1cccc2c1C1(CCN(C(=O)C3CCC4NNCC4C3)CC1)C(=O)N2CC(=O)NC1CCCc2ccccc21. The van der Waals surface area contributed by atoms with Gasteiger partial charge in [-0.1, -0.05) is 36.4 Å². The minimum Gasteiger partial charge on any atom is -0.348 e. The molecule has 216 valence electrons. The van der Waals surface area contributed by atoms with E-state index in [1.807, 2.05) is 23.1 Å². The summed E-state index contributed by atoms with van der Waals surface area (Å²) < 4.78 is 0. The first kappa shape index (κ1) is 26.7. The van der Waals surface area contributed by atoms with Gasteiger partial charge >= 0.3 is 0 Å². The van der Waals surface area contributed by atoms with Crippen molar-refractivity contribution in [1.29, 1.82) is 0 Å². The number of aryl methyl sites for hydroxylation is 2. The van der Waals surface area contributed by atoms with Crippen LogP contribution in [-0.4, -0.2) is 54.8 Å². The Morgan fingerprint density at radius 1 is 1.05 bits per heavy atom. The first-order valence-electron chi connectivity index (χ1n) is 15.5. The molecule has 2 saturated heterocycles. The third-order valence-corrected chi connectivity index (χ3v) is 10.6. The van der Waals surface area contributed by atoms with Crippen LogP contribution in [0.3, 0.4) is 0 Å². The third-order valence-electron chi connectivity index (χ3n) is 10.6. The summed E-state index contributed by atoms with van der Waals surface area (Å²) >= 11 is 0. The number of carbonyl (C=O) groups excluding carboxylic acids is 3. The number of piperidine rings is 1. The van der Waals surface area contributed by atoms with E-state index in [4.69, 9.17) is 0 Å². The molecule has 0 bridgehead atoms. The average molecular weight is 556 g/mol. The molecular weight excluding hydrogens is 514 g/mol. The van der Waals surface area contributed by atoms with Crippen molar-refractivity contribution in [2.75, 3.05) is 31.1 Å². The summed E-state index contributed by atoms with van der Waals surface area (Å²) in [5, 5.41) is 3.24. The highest BCUT2D eigenvalue weighted by atomic mass is 16.2. The van der Waals surface area contributed by atoms with Crippen LogP contribution >= 0.6 is 0 Å². The van der Waals surface area contributed by atoms with E-state index in [0.29, 0.717) is 37.9 Å². The number of benzene rings is 2. The summed E-state index contributed by atoms with van der Waals surface area (Å²) in [4.78, 5) is 44.9. The van der Waals surface area contributed by atoms with Crippen molar-refractivity contribution in [3.05, 3.63) is 64.7 Å². The number of amides is 3. The van der Waals surface area contributed by atoms with Crippen LogP contribution in [0, 0.1) is 18.8 Å². The van der Waals surface area contributed by atoms with Crippen LogP contribution in [0.5, 0.6) is 0 Å². The number of anilines is 1. The zero-order valence-corrected chi connectivity index (χ0v) is 24.0. The molecule has 5 aliphatic rings. The van der Waals surface area contributed by atoms with Gasteiger partial charge in [0.25, 0.3) is 0 Å². The van der Waals surface area contributed by atoms with E-state index in [1.165, 1.54) is 11.1 Å². The second-order valence-electron chi connectivity index (χ2n) is 12.9. The van der Waals surface area contributed by atoms with E-state index in [1.54, 1.807) is 4.90 Å². The number of hydrogen-bond donors (Lipinski definition) is 3. The fourth-order valence-corrected chi connectivity index (χ4v) is 8.47. The molecule has 3 fully saturated rings. The maximum atomic E-state index is 14.2. The van der Waals surface area contributed by atoms with Crippen LogP contribution in [0.4, 0.5) is 5.69 Å². The van der Waals surface area contributed by atoms with Gasteiger partial charge in [-0.05, 0) is 92.5 Å². The van der Waals surface area contributed by atoms with Crippen LogP contribution in [-0.2, 0) is 26.2 Å². The number of rotatable bonds is 4. The summed E-state index contributed by atoms with van der Waals surface area (Å²) in [5.41, 5.74) is 11.4. The van der Waals surface area contributed by atoms with Gasteiger partial charge < -0.3 is 15.1 Å². The Morgan fingerprint density at radius 3 is 2.73 bits per heavy atom. The normalized spacial score (nSPS) is 28.3. The smallest absolute Gasteiger partial charge is 0.240 e. The third kappa shape index (κ3) is 4.56. The maximum Gasteiger partial charge on any atom is 0.240 e. The quantitative estimate of drug-likeness (QED) is 0.539. The Hall–Kier alpha value is -3.23. The Balaban J connectivity index is 1.06. The van der Waals surface area contributed by atoms with Crippen molar-refractivity contribution in [3.63, 3.8) is 0 Å². The number of hydrogen-bond acceptors (Lipinski definition) is 5. The molecule has 2 aromatic carbocycles. The van der Waals surface area contributed by atoms with Crippen LogP contribution in [0.25, 0.3) is 0 Å². The molecular formula is C33H41N5O3. The topological polar surface area (TPSA) is 93.8 Å². The molecule has 8 heteroatoms. The lowest BCUT2D eigenvalue weighted by Crippen LogP contribution is -2.53. The van der Waals surface area contributed by atoms with Crippen molar-refractivity contribution in [1.82, 2.24) is 21.1 Å². The fraction of sp³-hybridized carbons (Fsp3) is 0.545. The molecule has 8 nitrogen and oxygen atoms in total. The molecule has 4 unspecified atom stereocenters. The Morgan fingerprint density at radius 2 is 1.88 bits per heavy atom. The van der Waals surface area contributed by atoms with Gasteiger partial charge in [0, 0.05) is 37.3 Å². The molecule has 7 rings (SSSR count). The number of fused-ring (bicyclic) bond motifs is 4. The van der Waals surface area contributed by atoms with Crippen molar-refractivity contribution in [3.8, 4) is 0 Å². The number of nitrogens with zero attached hydrogens (tertiary/aromatic N) is 2. The van der Waals surface area contributed by atoms with E-state index in [-0.39, 0.29) is 36.2 Å². The average Bonchev–Trinajstić information content (AvgIpc) is 3.55. The Labute approximate surface area is 242 Å². The number of nitrogens with one attached hydrogen (secondary N) is 3. The highest BCUT2D eigenvalue weighted by Gasteiger charge is 2.54. The van der Waals surface area contributed by atoms with Crippen LogP contribution in [0.15, 0.2) is 42.5 Å². The maximum absolute atomic E-state index is 14.2. The molecule has 3 aliphatic heterocycles. The second-order valence-corrected chi connectivity index (χ2v) is 12.9. The van der Waals surface area contributed by atoms with Gasteiger partial charge in [-0.15, -0.1) is 0 Å². The zero-order valence-electron chi connectivity index (χ0n) is 24.0. The monoisotopic (exact) mass is 555 g/mol. The van der Waals surface area contributed by atoms with Crippen molar-refractivity contribution in [2.24, 2.45) is 11.8 Å². The molecule has 3 heterocycles. The second kappa shape index (κ2) is 10.6. The van der Waals surface area contributed by atoms with Crippen molar-refractivity contribution in [2.45, 2.75) is 75.8 Å². The van der Waals surface area contributed by atoms with Gasteiger partial charge in [-0.2, -0.15) is 0 Å². The Kier molecular flexibility index (Phi) is 6.86. The van der Waals surface area contributed by atoms with Crippen LogP contribution < -0.4 is 21.1 Å². The Bertz CT molecular complexity index is 1370. The lowest BCUT2D eigenvalue weighted by Gasteiger charge is -2.41. The molecule has 0 aromatic heterocycles. The van der Waals surface area contributed by atoms with Crippen LogP contribution in [0.1, 0.15) is 73.2 Å². The van der Waals surface area contributed by atoms with Crippen LogP contribution in [0.2, 0.25) is 0 Å². The first-order chi connectivity index (χ1) is 19.9. The van der Waals surface area contributed by atoms with Gasteiger partial charge in [0.15, 0.2) is 0 Å². The van der Waals surface area contributed by atoms with Crippen molar-refractivity contribution < 1.29 is 14.4 Å². The predicted octanol–water partition coefficient (Wildman–Crippen LogP) is 3.29. The van der Waals surface area contributed by atoms with Gasteiger partial charge in [0.05, 0.1) is 11.5 Å². The summed E-state index contributed by atoms with van der Waals surface area (Å²) in [7, 11) is 0. The van der Waals surface area contributed by atoms with Gasteiger partial charge in [-0.3, -0.25) is 25.2 Å². The predicted molar refractivity (Wildman–Crippen MR) is 157 cm³/mol. The lowest BCUT2D eigenvalue weighted by atomic mass is 9.71. The van der Waals surface area contributed by atoms with E-state index in [9.17, 15) is 14.4 Å². The first-order valence-corrected chi connectivity index (χ1v) is 15.5. The molecule has 1 saturated carbocycles. The summed E-state index contributed by atoms with van der Waals surface area (Å²) in [6.45, 7) is 4.18. The molecule has 3 amide bonds. The summed E-state index contributed by atoms with van der Waals surface area (Å²) in [5.74, 6) is 0.733. The lowest BCUT2D eigenvalue weighted by molar-refractivity contribution is -0.140. The largest absolute Gasteiger partial charge is 0.348 e. The molecule has 3 N–H and O–H groups in total. The summed E-state index contributed by atoms with van der Waals surface area (Å²) in [6.07, 6.45) is 7.08. The highest BCUT2D eigenvalue weighted by molar-refractivity contribution is 6.11. The van der Waals surface area contributed by atoms with Gasteiger partial charge in [-0.25, -0.2) is 0 Å². The van der Waals surface area contributed by atoms with E-state index >= 15 is 0 Å². The molecule has 0 radical (unpaired) electrons. The standard InChI is InChI=1S/C33H41N5O3/c1-21-6-4-11-28-30(21)33(14-16-37(17-15-33)31(40)23-12-13-26-24(18-23)19-34-36-26)32(41)38(28)20-29(39)35-27-10-5-8-22-7-2-3-9-25(22)27/h2-4,6-7,9,11,23-24,26-27,34,36H,5,8,10,12-20H2,1H3,(H,35,39). The molecule has 2 aliphatic carbocycles. The molecule has 4 atom stereocenters. The van der Waals surface area contributed by atoms with Crippen molar-refractivity contribution >= 4 is 23.4 Å². The van der Waals surface area contributed by atoms with E-state index < -0.39 is 5.41 Å². The molecule has 1 spiro atoms. The van der Waals surface area contributed by atoms with Gasteiger partial charge in [0.2, 0.25) is 17.7 Å². The molecule has 41 heavy (non-hydrogen) atoms. The number of hydrazine groups is 1. The molecule has 2 aromatic rings.